The molecule has 39 heavy (non-hydrogen) atoms. The maximum atomic E-state index is 12.5. The van der Waals surface area contributed by atoms with Crippen LogP contribution in [0, 0.1) is 21.4 Å². The molecule has 0 saturated heterocycles. The van der Waals surface area contributed by atoms with E-state index < -0.39 is 16.7 Å². The van der Waals surface area contributed by atoms with Crippen molar-refractivity contribution in [3.05, 3.63) is 124 Å². The second kappa shape index (κ2) is 13.5. The molecular formula is C28H20F3N3O3S2. The Balaban J connectivity index is 0.000000216. The Kier molecular flexibility index (Phi) is 10.1. The standard InChI is InChI=1S/C14H8F3NS.C14H12N2O3S/c15-14(16,17)11-6-7-13(10(8-11)9-18)19-12-4-2-1-3-5-12;1-10(15-17)11-7-8-14(13(9-11)16(18)19)20-12-5-3-2-4-6-12/h1-8H;2-9,17H,1H3. The minimum atomic E-state index is -4.43. The van der Waals surface area contributed by atoms with Crippen molar-refractivity contribution in [2.45, 2.75) is 32.7 Å². The van der Waals surface area contributed by atoms with Gasteiger partial charge in [-0.3, -0.25) is 10.1 Å². The summed E-state index contributed by atoms with van der Waals surface area (Å²) < 4.78 is 37.6. The van der Waals surface area contributed by atoms with Gasteiger partial charge in [0.15, 0.2) is 0 Å². The summed E-state index contributed by atoms with van der Waals surface area (Å²) in [6.07, 6.45) is -4.43. The normalized spacial score (nSPS) is 11.2. The quantitative estimate of drug-likeness (QED) is 0.108. The molecule has 0 aliphatic heterocycles. The lowest BCUT2D eigenvalue weighted by Crippen LogP contribution is -2.05. The molecule has 11 heteroatoms. The summed E-state index contributed by atoms with van der Waals surface area (Å²) in [6, 6.07) is 28.4. The first-order valence-corrected chi connectivity index (χ1v) is 12.8. The summed E-state index contributed by atoms with van der Waals surface area (Å²) in [6.45, 7) is 1.59. The number of rotatable bonds is 6. The minimum absolute atomic E-state index is 0.000599. The number of nitro benzene ring substituents is 1. The van der Waals surface area contributed by atoms with E-state index in [1.807, 2.05) is 66.7 Å². The minimum Gasteiger partial charge on any atom is -0.411 e. The van der Waals surface area contributed by atoms with Crippen molar-refractivity contribution in [2.24, 2.45) is 5.16 Å². The van der Waals surface area contributed by atoms with Gasteiger partial charge >= 0.3 is 6.18 Å². The molecule has 0 fully saturated rings. The van der Waals surface area contributed by atoms with Crippen molar-refractivity contribution in [1.82, 2.24) is 0 Å². The predicted octanol–water partition coefficient (Wildman–Crippen LogP) is 8.67. The Morgan fingerprint density at radius 3 is 1.92 bits per heavy atom. The third-order valence-electron chi connectivity index (χ3n) is 5.09. The highest BCUT2D eigenvalue weighted by molar-refractivity contribution is 7.99. The van der Waals surface area contributed by atoms with Crippen LogP contribution in [-0.4, -0.2) is 15.8 Å². The SMILES string of the molecule is CC(=NO)c1ccc(Sc2ccccc2)c([N+](=O)[O-])c1.N#Cc1cc(C(F)(F)F)ccc1Sc1ccccc1. The van der Waals surface area contributed by atoms with E-state index in [0.717, 1.165) is 21.9 Å². The van der Waals surface area contributed by atoms with Gasteiger partial charge in [-0.05, 0) is 55.5 Å². The smallest absolute Gasteiger partial charge is 0.411 e. The van der Waals surface area contributed by atoms with Crippen LogP contribution in [0.4, 0.5) is 18.9 Å². The molecule has 0 unspecified atom stereocenters. The van der Waals surface area contributed by atoms with Gasteiger partial charge < -0.3 is 5.21 Å². The summed E-state index contributed by atoms with van der Waals surface area (Å²) in [5.74, 6) is 0. The average molecular weight is 568 g/mol. The lowest BCUT2D eigenvalue weighted by Gasteiger charge is -2.09. The Morgan fingerprint density at radius 1 is 0.897 bits per heavy atom. The zero-order chi connectivity index (χ0) is 28.4. The lowest BCUT2D eigenvalue weighted by atomic mass is 10.1. The Morgan fingerprint density at radius 2 is 1.44 bits per heavy atom. The Labute approximate surface area is 231 Å². The van der Waals surface area contributed by atoms with E-state index in [1.54, 1.807) is 19.1 Å². The number of oxime groups is 1. The summed E-state index contributed by atoms with van der Waals surface area (Å²) in [5, 5.41) is 31.9. The molecule has 0 aliphatic carbocycles. The van der Waals surface area contributed by atoms with Crippen molar-refractivity contribution in [1.29, 1.82) is 5.26 Å². The van der Waals surface area contributed by atoms with Crippen LogP contribution >= 0.6 is 23.5 Å². The van der Waals surface area contributed by atoms with Crippen LogP contribution in [0.15, 0.2) is 122 Å². The number of hydrogen-bond acceptors (Lipinski definition) is 7. The molecule has 1 N–H and O–H groups in total. The molecule has 0 radical (unpaired) electrons. The molecule has 0 spiro atoms. The number of alkyl halides is 3. The van der Waals surface area contributed by atoms with Crippen LogP contribution in [0.3, 0.4) is 0 Å². The van der Waals surface area contributed by atoms with Crippen molar-refractivity contribution in [3.8, 4) is 6.07 Å². The highest BCUT2D eigenvalue weighted by Gasteiger charge is 2.31. The summed E-state index contributed by atoms with van der Waals surface area (Å²) >= 11 is 2.59. The van der Waals surface area contributed by atoms with E-state index in [2.05, 4.69) is 5.16 Å². The number of nitriles is 1. The van der Waals surface area contributed by atoms with Gasteiger partial charge in [-0.2, -0.15) is 18.4 Å². The van der Waals surface area contributed by atoms with Gasteiger partial charge in [0.05, 0.1) is 26.7 Å². The van der Waals surface area contributed by atoms with Gasteiger partial charge in [0.1, 0.15) is 6.07 Å². The highest BCUT2D eigenvalue weighted by Crippen LogP contribution is 2.36. The summed E-state index contributed by atoms with van der Waals surface area (Å²) in [4.78, 5) is 13.6. The van der Waals surface area contributed by atoms with Crippen molar-refractivity contribution < 1.29 is 23.3 Å². The van der Waals surface area contributed by atoms with Crippen molar-refractivity contribution in [2.75, 3.05) is 0 Å². The van der Waals surface area contributed by atoms with Crippen molar-refractivity contribution >= 4 is 34.9 Å². The second-order valence-corrected chi connectivity index (χ2v) is 10.0. The fourth-order valence-electron chi connectivity index (χ4n) is 3.14. The molecule has 0 bridgehead atoms. The maximum absolute atomic E-state index is 12.5. The van der Waals surface area contributed by atoms with Gasteiger partial charge in [-0.25, -0.2) is 0 Å². The van der Waals surface area contributed by atoms with E-state index in [1.165, 1.54) is 35.7 Å². The zero-order valence-corrected chi connectivity index (χ0v) is 21.9. The summed E-state index contributed by atoms with van der Waals surface area (Å²) in [5.41, 5.74) is 0.0884. The van der Waals surface area contributed by atoms with Crippen LogP contribution in [0.5, 0.6) is 0 Å². The maximum Gasteiger partial charge on any atom is 0.416 e. The van der Waals surface area contributed by atoms with Gasteiger partial charge in [0, 0.05) is 26.3 Å². The fraction of sp³-hybridized carbons (Fsp3) is 0.0714. The molecule has 198 valence electrons. The number of benzene rings is 4. The van der Waals surface area contributed by atoms with Crippen LogP contribution in [0.1, 0.15) is 23.6 Å². The van der Waals surface area contributed by atoms with Gasteiger partial charge in [-0.1, -0.05) is 71.1 Å². The summed E-state index contributed by atoms with van der Waals surface area (Å²) in [7, 11) is 0. The molecule has 0 saturated carbocycles. The van der Waals surface area contributed by atoms with E-state index >= 15 is 0 Å². The first kappa shape index (κ1) is 29.3. The molecule has 0 amide bonds. The highest BCUT2D eigenvalue weighted by atomic mass is 32.2. The van der Waals surface area contributed by atoms with Crippen LogP contribution in [-0.2, 0) is 6.18 Å². The second-order valence-electron chi connectivity index (χ2n) is 7.78. The molecule has 4 aromatic rings. The predicted molar refractivity (Wildman–Crippen MR) is 144 cm³/mol. The lowest BCUT2D eigenvalue weighted by molar-refractivity contribution is -0.387. The molecule has 0 atom stereocenters. The molecular weight excluding hydrogens is 547 g/mol. The van der Waals surface area contributed by atoms with Crippen LogP contribution < -0.4 is 0 Å². The Hall–Kier alpha value is -4.27. The molecule has 4 aromatic carbocycles. The number of halogens is 3. The average Bonchev–Trinajstić information content (AvgIpc) is 2.94. The van der Waals surface area contributed by atoms with Gasteiger partial charge in [-0.15, -0.1) is 0 Å². The topological polar surface area (TPSA) is 99.5 Å². The number of nitrogens with zero attached hydrogens (tertiary/aromatic N) is 3. The van der Waals surface area contributed by atoms with E-state index in [9.17, 15) is 23.3 Å². The largest absolute Gasteiger partial charge is 0.416 e. The van der Waals surface area contributed by atoms with E-state index in [4.69, 9.17) is 10.5 Å². The number of hydrogen-bond donors (Lipinski definition) is 1. The molecule has 6 nitrogen and oxygen atoms in total. The zero-order valence-electron chi connectivity index (χ0n) is 20.3. The first-order chi connectivity index (χ1) is 18.6. The monoisotopic (exact) mass is 567 g/mol. The van der Waals surface area contributed by atoms with Gasteiger partial charge in [0.2, 0.25) is 0 Å². The van der Waals surface area contributed by atoms with E-state index in [0.29, 0.717) is 21.1 Å². The molecule has 0 heterocycles. The molecule has 0 aromatic heterocycles. The number of nitro groups is 1. The Bertz CT molecular complexity index is 1510. The van der Waals surface area contributed by atoms with E-state index in [-0.39, 0.29) is 11.3 Å². The van der Waals surface area contributed by atoms with Gasteiger partial charge in [0.25, 0.3) is 5.69 Å². The molecule has 0 aliphatic rings. The van der Waals surface area contributed by atoms with Crippen LogP contribution in [0.25, 0.3) is 0 Å². The third kappa shape index (κ3) is 8.36. The van der Waals surface area contributed by atoms with Crippen molar-refractivity contribution in [3.63, 3.8) is 0 Å². The third-order valence-corrected chi connectivity index (χ3v) is 7.25. The first-order valence-electron chi connectivity index (χ1n) is 11.2. The fourth-order valence-corrected chi connectivity index (χ4v) is 4.96. The van der Waals surface area contributed by atoms with Crippen LogP contribution in [0.2, 0.25) is 0 Å². The molecule has 4 rings (SSSR count).